The molecule has 0 spiro atoms. The highest BCUT2D eigenvalue weighted by Gasteiger charge is 2.28. The first-order valence-corrected chi connectivity index (χ1v) is 8.52. The molecule has 0 saturated carbocycles. The third kappa shape index (κ3) is 4.28. The van der Waals surface area contributed by atoms with Crippen molar-refractivity contribution in [2.24, 2.45) is 0 Å². The van der Waals surface area contributed by atoms with Crippen molar-refractivity contribution in [1.29, 1.82) is 0 Å². The van der Waals surface area contributed by atoms with Crippen LogP contribution in [0.25, 0.3) is 0 Å². The van der Waals surface area contributed by atoms with E-state index in [4.69, 9.17) is 16.3 Å². The number of pyridine rings is 1. The first kappa shape index (κ1) is 17.7. The van der Waals surface area contributed by atoms with E-state index >= 15 is 0 Å². The van der Waals surface area contributed by atoms with E-state index in [0.29, 0.717) is 30.4 Å². The SMILES string of the molecule is C[C@H]1OCCN[C@@H]1C(=O)Nc1ccc(=O)n(Cc2ccccc2Cl)c1. The van der Waals surface area contributed by atoms with Gasteiger partial charge >= 0.3 is 0 Å². The van der Waals surface area contributed by atoms with Gasteiger partial charge in [0.05, 0.1) is 24.9 Å². The first-order valence-electron chi connectivity index (χ1n) is 8.14. The molecular formula is C18H20ClN3O3. The third-order valence-corrected chi connectivity index (χ3v) is 4.52. The van der Waals surface area contributed by atoms with Gasteiger partial charge in [0.15, 0.2) is 0 Å². The normalized spacial score (nSPS) is 20.2. The van der Waals surface area contributed by atoms with Crippen LogP contribution >= 0.6 is 11.6 Å². The Morgan fingerprint density at radius 1 is 1.36 bits per heavy atom. The number of nitrogens with one attached hydrogen (secondary N) is 2. The number of amides is 1. The number of hydrogen-bond acceptors (Lipinski definition) is 4. The van der Waals surface area contributed by atoms with Gasteiger partial charge in [0, 0.05) is 23.8 Å². The summed E-state index contributed by atoms with van der Waals surface area (Å²) in [5.41, 5.74) is 1.23. The Morgan fingerprint density at radius 2 is 2.16 bits per heavy atom. The van der Waals surface area contributed by atoms with Crippen LogP contribution in [0.1, 0.15) is 12.5 Å². The topological polar surface area (TPSA) is 72.4 Å². The zero-order valence-electron chi connectivity index (χ0n) is 13.9. The minimum Gasteiger partial charge on any atom is -0.375 e. The second kappa shape index (κ2) is 7.82. The lowest BCUT2D eigenvalue weighted by Crippen LogP contribution is -2.53. The summed E-state index contributed by atoms with van der Waals surface area (Å²) in [4.78, 5) is 24.5. The van der Waals surface area contributed by atoms with Crippen molar-refractivity contribution in [1.82, 2.24) is 9.88 Å². The van der Waals surface area contributed by atoms with E-state index in [-0.39, 0.29) is 17.6 Å². The van der Waals surface area contributed by atoms with E-state index in [1.165, 1.54) is 10.6 Å². The van der Waals surface area contributed by atoms with Gasteiger partial charge in [-0.05, 0) is 24.6 Å². The molecule has 1 aliphatic rings. The van der Waals surface area contributed by atoms with Crippen LogP contribution in [-0.2, 0) is 16.1 Å². The van der Waals surface area contributed by atoms with Crippen molar-refractivity contribution in [3.05, 3.63) is 63.5 Å². The van der Waals surface area contributed by atoms with Gasteiger partial charge in [0.2, 0.25) is 5.91 Å². The van der Waals surface area contributed by atoms with E-state index < -0.39 is 6.04 Å². The number of benzene rings is 1. The summed E-state index contributed by atoms with van der Waals surface area (Å²) < 4.78 is 7.01. The fraction of sp³-hybridized carbons (Fsp3) is 0.333. The van der Waals surface area contributed by atoms with Crippen LogP contribution in [0.2, 0.25) is 5.02 Å². The molecule has 0 unspecified atom stereocenters. The van der Waals surface area contributed by atoms with Gasteiger partial charge in [0.1, 0.15) is 6.04 Å². The minimum atomic E-state index is -0.419. The number of carbonyl (C=O) groups is 1. The molecule has 3 rings (SSSR count). The number of aromatic nitrogens is 1. The van der Waals surface area contributed by atoms with Crippen molar-refractivity contribution in [2.75, 3.05) is 18.5 Å². The van der Waals surface area contributed by atoms with E-state index in [2.05, 4.69) is 10.6 Å². The smallest absolute Gasteiger partial charge is 0.250 e. The van der Waals surface area contributed by atoms with Gasteiger partial charge in [-0.15, -0.1) is 0 Å². The highest BCUT2D eigenvalue weighted by Crippen LogP contribution is 2.16. The predicted molar refractivity (Wildman–Crippen MR) is 97.1 cm³/mol. The lowest BCUT2D eigenvalue weighted by molar-refractivity contribution is -0.123. The number of ether oxygens (including phenoxy) is 1. The average Bonchev–Trinajstić information content (AvgIpc) is 2.60. The number of nitrogens with zero attached hydrogens (tertiary/aromatic N) is 1. The monoisotopic (exact) mass is 361 g/mol. The van der Waals surface area contributed by atoms with Crippen molar-refractivity contribution in [2.45, 2.75) is 25.6 Å². The summed E-state index contributed by atoms with van der Waals surface area (Å²) in [6.45, 7) is 3.42. The van der Waals surface area contributed by atoms with Gasteiger partial charge in [-0.1, -0.05) is 29.8 Å². The molecule has 1 aliphatic heterocycles. The molecular weight excluding hydrogens is 342 g/mol. The summed E-state index contributed by atoms with van der Waals surface area (Å²) in [6, 6.07) is 9.96. The van der Waals surface area contributed by atoms with Crippen LogP contribution in [-0.4, -0.2) is 35.8 Å². The molecule has 1 saturated heterocycles. The molecule has 2 atom stereocenters. The Bertz CT molecular complexity index is 821. The van der Waals surface area contributed by atoms with Crippen LogP contribution in [0.5, 0.6) is 0 Å². The van der Waals surface area contributed by atoms with Gasteiger partial charge in [-0.2, -0.15) is 0 Å². The second-order valence-electron chi connectivity index (χ2n) is 5.97. The lowest BCUT2D eigenvalue weighted by Gasteiger charge is -2.29. The molecule has 7 heteroatoms. The largest absolute Gasteiger partial charge is 0.375 e. The number of halogens is 1. The van der Waals surface area contributed by atoms with Crippen LogP contribution < -0.4 is 16.2 Å². The average molecular weight is 362 g/mol. The molecule has 1 amide bonds. The maximum atomic E-state index is 12.4. The zero-order chi connectivity index (χ0) is 17.8. The maximum absolute atomic E-state index is 12.4. The molecule has 0 aliphatic carbocycles. The molecule has 6 nitrogen and oxygen atoms in total. The maximum Gasteiger partial charge on any atom is 0.250 e. The molecule has 0 radical (unpaired) electrons. The van der Waals surface area contributed by atoms with Crippen molar-refractivity contribution >= 4 is 23.2 Å². The van der Waals surface area contributed by atoms with E-state index in [0.717, 1.165) is 5.56 Å². The minimum absolute atomic E-state index is 0.162. The Hall–Kier alpha value is -2.15. The van der Waals surface area contributed by atoms with Gasteiger partial charge in [-0.25, -0.2) is 0 Å². The molecule has 2 N–H and O–H groups in total. The van der Waals surface area contributed by atoms with Crippen molar-refractivity contribution in [3.8, 4) is 0 Å². The fourth-order valence-corrected chi connectivity index (χ4v) is 2.98. The molecule has 132 valence electrons. The molecule has 1 aromatic carbocycles. The molecule has 2 aromatic rings. The predicted octanol–water partition coefficient (Wildman–Crippen LogP) is 1.87. The summed E-state index contributed by atoms with van der Waals surface area (Å²) in [6.07, 6.45) is 1.42. The van der Waals surface area contributed by atoms with Crippen molar-refractivity contribution < 1.29 is 9.53 Å². The molecule has 1 fully saturated rings. The standard InChI is InChI=1S/C18H20ClN3O3/c1-12-17(20-8-9-25-12)18(24)21-14-6-7-16(23)22(11-14)10-13-4-2-3-5-15(13)19/h2-7,11-12,17,20H,8-10H2,1H3,(H,21,24)/t12-,17+/m1/s1. The summed E-state index contributed by atoms with van der Waals surface area (Å²) >= 11 is 6.16. The van der Waals surface area contributed by atoms with Crippen LogP contribution in [0, 0.1) is 0 Å². The van der Waals surface area contributed by atoms with Gasteiger partial charge in [-0.3, -0.25) is 9.59 Å². The van der Waals surface area contributed by atoms with Gasteiger partial charge in [0.25, 0.3) is 5.56 Å². The number of morpholine rings is 1. The van der Waals surface area contributed by atoms with Crippen LogP contribution in [0.15, 0.2) is 47.4 Å². The van der Waals surface area contributed by atoms with Crippen LogP contribution in [0.4, 0.5) is 5.69 Å². The Morgan fingerprint density at radius 3 is 2.92 bits per heavy atom. The van der Waals surface area contributed by atoms with Crippen LogP contribution in [0.3, 0.4) is 0 Å². The Balaban J connectivity index is 1.76. The second-order valence-corrected chi connectivity index (χ2v) is 6.38. The highest BCUT2D eigenvalue weighted by atomic mass is 35.5. The quantitative estimate of drug-likeness (QED) is 0.872. The lowest BCUT2D eigenvalue weighted by atomic mass is 10.1. The molecule has 25 heavy (non-hydrogen) atoms. The highest BCUT2D eigenvalue weighted by molar-refractivity contribution is 6.31. The molecule has 0 bridgehead atoms. The van der Waals surface area contributed by atoms with Crippen molar-refractivity contribution in [3.63, 3.8) is 0 Å². The fourth-order valence-electron chi connectivity index (χ4n) is 2.79. The first-order chi connectivity index (χ1) is 12.0. The Kier molecular flexibility index (Phi) is 5.53. The van der Waals surface area contributed by atoms with E-state index in [9.17, 15) is 9.59 Å². The summed E-state index contributed by atoms with van der Waals surface area (Å²) in [5, 5.41) is 6.57. The summed E-state index contributed by atoms with van der Waals surface area (Å²) in [7, 11) is 0. The van der Waals surface area contributed by atoms with Gasteiger partial charge < -0.3 is 19.9 Å². The number of rotatable bonds is 4. The Labute approximate surface area is 150 Å². The zero-order valence-corrected chi connectivity index (χ0v) is 14.6. The number of anilines is 1. The van der Waals surface area contributed by atoms with E-state index in [1.807, 2.05) is 25.1 Å². The molecule has 1 aromatic heterocycles. The molecule has 2 heterocycles. The number of hydrogen-bond donors (Lipinski definition) is 2. The van der Waals surface area contributed by atoms with E-state index in [1.54, 1.807) is 18.3 Å². The number of carbonyl (C=O) groups excluding carboxylic acids is 1. The summed E-state index contributed by atoms with van der Waals surface area (Å²) in [5.74, 6) is -0.185. The third-order valence-electron chi connectivity index (χ3n) is 4.15.